The van der Waals surface area contributed by atoms with E-state index in [0.717, 1.165) is 10.1 Å². The molecule has 0 N–H and O–H groups in total. The van der Waals surface area contributed by atoms with Gasteiger partial charge in [0.15, 0.2) is 15.9 Å². The molecule has 0 spiro atoms. The SMILES string of the molecule is CC#CCn1c(Br)nc2c1c(=O)n(Cc1ccc(C#N)cc1)c(=O)n2C. The minimum atomic E-state index is -0.453. The van der Waals surface area contributed by atoms with Gasteiger partial charge in [0.2, 0.25) is 0 Å². The van der Waals surface area contributed by atoms with Crippen molar-refractivity contribution < 1.29 is 0 Å². The van der Waals surface area contributed by atoms with E-state index in [1.54, 1.807) is 42.8 Å². The van der Waals surface area contributed by atoms with Crippen LogP contribution in [0.15, 0.2) is 38.6 Å². The molecule has 0 bridgehead atoms. The normalized spacial score (nSPS) is 10.4. The van der Waals surface area contributed by atoms with Crippen LogP contribution in [0.3, 0.4) is 0 Å². The zero-order valence-electron chi connectivity index (χ0n) is 14.2. The number of aryl methyl sites for hydroxylation is 1. The molecule has 26 heavy (non-hydrogen) atoms. The lowest BCUT2D eigenvalue weighted by Gasteiger charge is -2.09. The Morgan fingerprint density at radius 1 is 1.19 bits per heavy atom. The molecule has 0 fully saturated rings. The van der Waals surface area contributed by atoms with Gasteiger partial charge in [0.1, 0.15) is 0 Å². The van der Waals surface area contributed by atoms with Crippen molar-refractivity contribution in [2.75, 3.05) is 0 Å². The van der Waals surface area contributed by atoms with Crippen LogP contribution in [0.5, 0.6) is 0 Å². The third-order valence-electron chi connectivity index (χ3n) is 4.02. The topological polar surface area (TPSA) is 85.6 Å². The number of benzene rings is 1. The standard InChI is InChI=1S/C18H14BrN5O2/c1-3-4-9-23-14-15(21-17(23)19)22(2)18(26)24(16(14)25)11-13-7-5-12(10-20)6-8-13/h5-8H,9,11H2,1-2H3. The van der Waals surface area contributed by atoms with Crippen LogP contribution in [0.2, 0.25) is 0 Å². The zero-order valence-corrected chi connectivity index (χ0v) is 15.7. The van der Waals surface area contributed by atoms with E-state index in [-0.39, 0.29) is 13.1 Å². The summed E-state index contributed by atoms with van der Waals surface area (Å²) in [6.45, 7) is 2.11. The largest absolute Gasteiger partial charge is 0.332 e. The molecule has 0 aliphatic heterocycles. The first-order valence-electron chi connectivity index (χ1n) is 7.72. The van der Waals surface area contributed by atoms with Crippen molar-refractivity contribution in [1.29, 1.82) is 5.26 Å². The van der Waals surface area contributed by atoms with E-state index in [1.165, 1.54) is 4.57 Å². The van der Waals surface area contributed by atoms with Gasteiger partial charge in [0.25, 0.3) is 5.56 Å². The summed E-state index contributed by atoms with van der Waals surface area (Å²) < 4.78 is 4.59. The number of imidazole rings is 1. The maximum absolute atomic E-state index is 13.0. The molecule has 0 aliphatic rings. The fourth-order valence-corrected chi connectivity index (χ4v) is 3.12. The first-order valence-corrected chi connectivity index (χ1v) is 8.51. The monoisotopic (exact) mass is 411 g/mol. The van der Waals surface area contributed by atoms with Crippen molar-refractivity contribution in [2.45, 2.75) is 20.0 Å². The highest BCUT2D eigenvalue weighted by atomic mass is 79.9. The van der Waals surface area contributed by atoms with Gasteiger partial charge in [-0.2, -0.15) is 5.26 Å². The number of halogens is 1. The quantitative estimate of drug-likeness (QED) is 0.483. The Morgan fingerprint density at radius 3 is 2.50 bits per heavy atom. The van der Waals surface area contributed by atoms with Crippen LogP contribution in [0.1, 0.15) is 18.1 Å². The zero-order chi connectivity index (χ0) is 18.8. The molecule has 0 radical (unpaired) electrons. The Morgan fingerprint density at radius 2 is 1.88 bits per heavy atom. The molecule has 0 saturated carbocycles. The van der Waals surface area contributed by atoms with Crippen molar-refractivity contribution in [1.82, 2.24) is 18.7 Å². The molecule has 1 aromatic carbocycles. The Labute approximate surface area is 157 Å². The third kappa shape index (κ3) is 2.96. The lowest BCUT2D eigenvalue weighted by Crippen LogP contribution is -2.40. The van der Waals surface area contributed by atoms with Gasteiger partial charge in [-0.25, -0.2) is 9.78 Å². The number of fused-ring (bicyclic) bond motifs is 1. The summed E-state index contributed by atoms with van der Waals surface area (Å²) in [6.07, 6.45) is 0. The first kappa shape index (κ1) is 17.7. The van der Waals surface area contributed by atoms with E-state index in [9.17, 15) is 9.59 Å². The van der Waals surface area contributed by atoms with Gasteiger partial charge in [-0.05, 0) is 40.5 Å². The summed E-state index contributed by atoms with van der Waals surface area (Å²) in [5.74, 6) is 5.69. The van der Waals surface area contributed by atoms with Crippen molar-refractivity contribution in [3.8, 4) is 17.9 Å². The van der Waals surface area contributed by atoms with Gasteiger partial charge in [-0.15, -0.1) is 5.92 Å². The molecule has 0 saturated heterocycles. The third-order valence-corrected chi connectivity index (χ3v) is 4.63. The molecule has 3 rings (SSSR count). The molecule has 2 aromatic heterocycles. The number of aromatic nitrogens is 4. The minimum Gasteiger partial charge on any atom is -0.301 e. The number of rotatable bonds is 3. The van der Waals surface area contributed by atoms with Crippen LogP contribution in [0.25, 0.3) is 11.2 Å². The van der Waals surface area contributed by atoms with E-state index in [0.29, 0.717) is 21.5 Å². The maximum Gasteiger partial charge on any atom is 0.332 e. The van der Waals surface area contributed by atoms with Crippen LogP contribution in [-0.2, 0) is 20.1 Å². The molecule has 2 heterocycles. The van der Waals surface area contributed by atoms with Gasteiger partial charge in [-0.3, -0.25) is 13.9 Å². The fraction of sp³-hybridized carbons (Fsp3) is 0.222. The van der Waals surface area contributed by atoms with Crippen LogP contribution >= 0.6 is 15.9 Å². The van der Waals surface area contributed by atoms with Gasteiger partial charge in [0.05, 0.1) is 24.7 Å². The van der Waals surface area contributed by atoms with Crippen LogP contribution < -0.4 is 11.2 Å². The van der Waals surface area contributed by atoms with Crippen molar-refractivity contribution >= 4 is 27.1 Å². The molecule has 0 aliphatic carbocycles. The Balaban J connectivity index is 2.21. The van der Waals surface area contributed by atoms with Gasteiger partial charge < -0.3 is 4.57 Å². The molecule has 7 nitrogen and oxygen atoms in total. The average Bonchev–Trinajstić information content (AvgIpc) is 2.98. The highest BCUT2D eigenvalue weighted by Gasteiger charge is 2.19. The molecule has 0 unspecified atom stereocenters. The summed E-state index contributed by atoms with van der Waals surface area (Å²) in [4.78, 5) is 29.9. The Kier molecular flexibility index (Phi) is 4.79. The number of hydrogen-bond donors (Lipinski definition) is 0. The summed E-state index contributed by atoms with van der Waals surface area (Å²) in [7, 11) is 1.58. The second-order valence-corrected chi connectivity index (χ2v) is 6.32. The lowest BCUT2D eigenvalue weighted by molar-refractivity contribution is 0.654. The van der Waals surface area contributed by atoms with Crippen LogP contribution in [0.4, 0.5) is 0 Å². The molecule has 3 aromatic rings. The first-order chi connectivity index (χ1) is 12.5. The smallest absolute Gasteiger partial charge is 0.301 e. The lowest BCUT2D eigenvalue weighted by atomic mass is 10.1. The van der Waals surface area contributed by atoms with E-state index >= 15 is 0 Å². The number of hydrogen-bond acceptors (Lipinski definition) is 4. The molecular formula is C18H14BrN5O2. The predicted molar refractivity (Wildman–Crippen MR) is 101 cm³/mol. The summed E-state index contributed by atoms with van der Waals surface area (Å²) in [5.41, 5.74) is 1.01. The molecule has 8 heteroatoms. The summed E-state index contributed by atoms with van der Waals surface area (Å²) in [6, 6.07) is 8.80. The summed E-state index contributed by atoms with van der Waals surface area (Å²) >= 11 is 3.33. The van der Waals surface area contributed by atoms with Crippen LogP contribution in [0, 0.1) is 23.2 Å². The van der Waals surface area contributed by atoms with E-state index in [4.69, 9.17) is 5.26 Å². The van der Waals surface area contributed by atoms with E-state index in [2.05, 4.69) is 32.8 Å². The number of nitriles is 1. The highest BCUT2D eigenvalue weighted by Crippen LogP contribution is 2.16. The molecule has 0 atom stereocenters. The van der Waals surface area contributed by atoms with E-state index in [1.807, 2.05) is 6.07 Å². The van der Waals surface area contributed by atoms with Gasteiger partial charge in [-0.1, -0.05) is 18.1 Å². The fourth-order valence-electron chi connectivity index (χ4n) is 2.65. The summed E-state index contributed by atoms with van der Waals surface area (Å²) in [5, 5.41) is 8.88. The van der Waals surface area contributed by atoms with Crippen LogP contribution in [-0.4, -0.2) is 18.7 Å². The van der Waals surface area contributed by atoms with Crippen molar-refractivity contribution in [3.63, 3.8) is 0 Å². The highest BCUT2D eigenvalue weighted by molar-refractivity contribution is 9.10. The Hall–Kier alpha value is -3.10. The second kappa shape index (κ2) is 7.03. The van der Waals surface area contributed by atoms with E-state index < -0.39 is 11.2 Å². The van der Waals surface area contributed by atoms with Crippen molar-refractivity contribution in [2.24, 2.45) is 7.05 Å². The minimum absolute atomic E-state index is 0.107. The number of nitrogens with zero attached hydrogens (tertiary/aromatic N) is 5. The molecular weight excluding hydrogens is 398 g/mol. The average molecular weight is 412 g/mol. The van der Waals surface area contributed by atoms with Gasteiger partial charge in [0, 0.05) is 7.05 Å². The predicted octanol–water partition coefficient (Wildman–Crippen LogP) is 1.60. The molecule has 130 valence electrons. The Bertz CT molecular complexity index is 1210. The van der Waals surface area contributed by atoms with Crippen molar-refractivity contribution in [3.05, 3.63) is 61.0 Å². The maximum atomic E-state index is 13.0. The molecule has 0 amide bonds. The van der Waals surface area contributed by atoms with Gasteiger partial charge >= 0.3 is 5.69 Å². The second-order valence-electron chi connectivity index (χ2n) is 5.61.